The van der Waals surface area contributed by atoms with E-state index >= 15 is 0 Å². The number of alkyl halides is 3. The van der Waals surface area contributed by atoms with Crippen molar-refractivity contribution in [2.24, 2.45) is 11.7 Å². The van der Waals surface area contributed by atoms with Crippen LogP contribution in [0.4, 0.5) is 13.2 Å². The molecule has 3 N–H and O–H groups in total. The second-order valence-electron chi connectivity index (χ2n) is 4.17. The molecule has 0 saturated heterocycles. The molecule has 1 rings (SSSR count). The van der Waals surface area contributed by atoms with Crippen LogP contribution < -0.4 is 11.1 Å². The zero-order chi connectivity index (χ0) is 12.9. The Morgan fingerprint density at radius 2 is 2.12 bits per heavy atom. The van der Waals surface area contributed by atoms with Gasteiger partial charge in [-0.2, -0.15) is 13.2 Å². The summed E-state index contributed by atoms with van der Waals surface area (Å²) in [5.74, 6) is -0.561. The van der Waals surface area contributed by atoms with Crippen LogP contribution >= 0.6 is 0 Å². The van der Waals surface area contributed by atoms with Crippen LogP contribution in [0.25, 0.3) is 0 Å². The molecule has 0 bridgehead atoms. The molecule has 0 spiro atoms. The van der Waals surface area contributed by atoms with Crippen molar-refractivity contribution >= 4 is 5.91 Å². The zero-order valence-electron chi connectivity index (χ0n) is 9.43. The highest BCUT2D eigenvalue weighted by Gasteiger charge is 2.31. The van der Waals surface area contributed by atoms with E-state index in [-0.39, 0.29) is 24.5 Å². The molecule has 0 unspecified atom stereocenters. The highest BCUT2D eigenvalue weighted by Crippen LogP contribution is 2.25. The molecule has 1 amide bonds. The van der Waals surface area contributed by atoms with Crippen molar-refractivity contribution in [3.8, 4) is 0 Å². The minimum absolute atomic E-state index is 0.0259. The van der Waals surface area contributed by atoms with E-state index in [4.69, 9.17) is 5.73 Å². The van der Waals surface area contributed by atoms with Crippen LogP contribution in [-0.2, 0) is 9.53 Å². The van der Waals surface area contributed by atoms with E-state index in [9.17, 15) is 18.0 Å². The van der Waals surface area contributed by atoms with Crippen molar-refractivity contribution in [3.05, 3.63) is 0 Å². The number of nitrogens with two attached hydrogens (primary N) is 1. The summed E-state index contributed by atoms with van der Waals surface area (Å²) in [6, 6.07) is -0.0259. The van der Waals surface area contributed by atoms with Gasteiger partial charge in [-0.1, -0.05) is 6.42 Å². The quantitative estimate of drug-likeness (QED) is 0.689. The van der Waals surface area contributed by atoms with Crippen molar-refractivity contribution in [1.82, 2.24) is 5.32 Å². The maximum Gasteiger partial charge on any atom is 0.411 e. The van der Waals surface area contributed by atoms with E-state index in [1.54, 1.807) is 0 Å². The van der Waals surface area contributed by atoms with Gasteiger partial charge in [0.15, 0.2) is 0 Å². The Bertz CT molecular complexity index is 258. The van der Waals surface area contributed by atoms with Crippen molar-refractivity contribution in [1.29, 1.82) is 0 Å². The molecule has 17 heavy (non-hydrogen) atoms. The summed E-state index contributed by atoms with van der Waals surface area (Å²) < 4.78 is 39.7. The van der Waals surface area contributed by atoms with Crippen LogP contribution in [-0.4, -0.2) is 37.9 Å². The molecule has 1 fully saturated rings. The van der Waals surface area contributed by atoms with Gasteiger partial charge in [0.05, 0.1) is 12.5 Å². The summed E-state index contributed by atoms with van der Waals surface area (Å²) in [6.07, 6.45) is -1.80. The summed E-state index contributed by atoms with van der Waals surface area (Å²) >= 11 is 0. The standard InChI is InChI=1S/C10H17F3N2O2/c11-10(12,13)6-17-5-4-15-8-3-1-2-7(8)9(14)16/h7-8,15H,1-6H2,(H2,14,16)/t7-,8-/m0/s1. The Kier molecular flexibility index (Phi) is 5.20. The van der Waals surface area contributed by atoms with Gasteiger partial charge in [-0.25, -0.2) is 0 Å². The minimum Gasteiger partial charge on any atom is -0.371 e. The van der Waals surface area contributed by atoms with E-state index in [1.165, 1.54) is 0 Å². The third-order valence-electron chi connectivity index (χ3n) is 2.80. The average Bonchev–Trinajstić information content (AvgIpc) is 2.63. The second-order valence-corrected chi connectivity index (χ2v) is 4.17. The van der Waals surface area contributed by atoms with Gasteiger partial charge in [-0.15, -0.1) is 0 Å². The molecule has 1 aliphatic rings. The minimum atomic E-state index is -4.29. The number of carbonyl (C=O) groups is 1. The molecular weight excluding hydrogens is 237 g/mol. The number of primary amides is 1. The van der Waals surface area contributed by atoms with Gasteiger partial charge in [0, 0.05) is 12.6 Å². The first-order valence-electron chi connectivity index (χ1n) is 5.57. The summed E-state index contributed by atoms with van der Waals surface area (Å²) in [7, 11) is 0. The monoisotopic (exact) mass is 254 g/mol. The van der Waals surface area contributed by atoms with Crippen molar-refractivity contribution in [3.63, 3.8) is 0 Å². The molecule has 0 heterocycles. The topological polar surface area (TPSA) is 64.4 Å². The fraction of sp³-hybridized carbons (Fsp3) is 0.900. The van der Waals surface area contributed by atoms with Crippen LogP contribution in [0.15, 0.2) is 0 Å². The van der Waals surface area contributed by atoms with E-state index in [0.29, 0.717) is 6.54 Å². The number of halogens is 3. The lowest BCUT2D eigenvalue weighted by atomic mass is 10.0. The molecule has 0 aliphatic heterocycles. The van der Waals surface area contributed by atoms with Crippen LogP contribution in [0, 0.1) is 5.92 Å². The number of rotatable bonds is 6. The number of hydrogen-bond acceptors (Lipinski definition) is 3. The molecule has 7 heteroatoms. The molecular formula is C10H17F3N2O2. The Hall–Kier alpha value is -0.820. The number of ether oxygens (including phenoxy) is 1. The van der Waals surface area contributed by atoms with Crippen molar-refractivity contribution < 1.29 is 22.7 Å². The molecule has 0 aromatic heterocycles. The molecule has 0 aromatic rings. The van der Waals surface area contributed by atoms with Gasteiger partial charge in [-0.3, -0.25) is 4.79 Å². The van der Waals surface area contributed by atoms with E-state index in [1.807, 2.05) is 0 Å². The van der Waals surface area contributed by atoms with E-state index < -0.39 is 12.8 Å². The average molecular weight is 254 g/mol. The van der Waals surface area contributed by atoms with Crippen LogP contribution in [0.1, 0.15) is 19.3 Å². The zero-order valence-corrected chi connectivity index (χ0v) is 9.43. The first kappa shape index (κ1) is 14.2. The largest absolute Gasteiger partial charge is 0.411 e. The molecule has 1 aliphatic carbocycles. The first-order valence-corrected chi connectivity index (χ1v) is 5.57. The normalized spacial score (nSPS) is 25.1. The maximum atomic E-state index is 11.7. The predicted octanol–water partition coefficient (Wildman–Crippen LogP) is 0.809. The molecule has 0 radical (unpaired) electrons. The number of hydrogen-bond donors (Lipinski definition) is 2. The van der Waals surface area contributed by atoms with E-state index in [0.717, 1.165) is 19.3 Å². The predicted molar refractivity (Wildman–Crippen MR) is 55.2 cm³/mol. The van der Waals surface area contributed by atoms with Crippen molar-refractivity contribution in [2.45, 2.75) is 31.5 Å². The lowest BCUT2D eigenvalue weighted by molar-refractivity contribution is -0.173. The first-order chi connectivity index (χ1) is 7.90. The molecule has 4 nitrogen and oxygen atoms in total. The highest BCUT2D eigenvalue weighted by molar-refractivity contribution is 5.77. The Morgan fingerprint density at radius 1 is 1.41 bits per heavy atom. The lowest BCUT2D eigenvalue weighted by Crippen LogP contribution is -2.40. The maximum absolute atomic E-state index is 11.7. The van der Waals surface area contributed by atoms with Gasteiger partial charge in [0.25, 0.3) is 0 Å². The summed E-state index contributed by atoms with van der Waals surface area (Å²) in [5.41, 5.74) is 5.22. The number of carbonyl (C=O) groups excluding carboxylic acids is 1. The van der Waals surface area contributed by atoms with E-state index in [2.05, 4.69) is 10.1 Å². The van der Waals surface area contributed by atoms with Gasteiger partial charge in [0.1, 0.15) is 6.61 Å². The van der Waals surface area contributed by atoms with Crippen LogP contribution in [0.5, 0.6) is 0 Å². The third-order valence-corrected chi connectivity index (χ3v) is 2.80. The number of nitrogens with one attached hydrogen (secondary N) is 1. The fourth-order valence-corrected chi connectivity index (χ4v) is 2.05. The SMILES string of the molecule is NC(=O)[C@H]1CCC[C@@H]1NCCOCC(F)(F)F. The Morgan fingerprint density at radius 3 is 2.71 bits per heavy atom. The summed E-state index contributed by atoms with van der Waals surface area (Å²) in [4.78, 5) is 11.0. The molecule has 2 atom stereocenters. The Labute approximate surface area is 97.7 Å². The van der Waals surface area contributed by atoms with Gasteiger partial charge in [-0.05, 0) is 12.8 Å². The number of amides is 1. The van der Waals surface area contributed by atoms with Gasteiger partial charge >= 0.3 is 6.18 Å². The fourth-order valence-electron chi connectivity index (χ4n) is 2.05. The smallest absolute Gasteiger partial charge is 0.371 e. The van der Waals surface area contributed by atoms with Crippen LogP contribution in [0.2, 0.25) is 0 Å². The van der Waals surface area contributed by atoms with Crippen LogP contribution in [0.3, 0.4) is 0 Å². The van der Waals surface area contributed by atoms with Gasteiger partial charge < -0.3 is 15.8 Å². The second kappa shape index (κ2) is 6.20. The molecule has 100 valence electrons. The third kappa shape index (κ3) is 5.36. The molecule has 0 aromatic carbocycles. The van der Waals surface area contributed by atoms with Crippen molar-refractivity contribution in [2.75, 3.05) is 19.8 Å². The highest BCUT2D eigenvalue weighted by atomic mass is 19.4. The van der Waals surface area contributed by atoms with Gasteiger partial charge in [0.2, 0.25) is 5.91 Å². The summed E-state index contributed by atoms with van der Waals surface area (Å²) in [6.45, 7) is -0.968. The summed E-state index contributed by atoms with van der Waals surface area (Å²) in [5, 5.41) is 3.01. The lowest BCUT2D eigenvalue weighted by Gasteiger charge is -2.18. The molecule has 1 saturated carbocycles. The Balaban J connectivity index is 2.12.